The summed E-state index contributed by atoms with van der Waals surface area (Å²) < 4.78 is 21.0. The van der Waals surface area contributed by atoms with Crippen LogP contribution in [0.25, 0.3) is 0 Å². The highest BCUT2D eigenvalue weighted by Crippen LogP contribution is 2.30. The first-order valence-corrected chi connectivity index (χ1v) is 30.2. The normalized spacial score (nSPS) is 16.4. The summed E-state index contributed by atoms with van der Waals surface area (Å²) in [5.41, 5.74) is 2.89. The zero-order valence-corrected chi connectivity index (χ0v) is 49.0. The molecular weight excluding hydrogens is 1040 g/mol. The van der Waals surface area contributed by atoms with Gasteiger partial charge in [-0.2, -0.15) is 0 Å². The first-order valence-electron chi connectivity index (χ1n) is 29.8. The van der Waals surface area contributed by atoms with Crippen molar-refractivity contribution < 1.29 is 57.3 Å². The molecule has 3 aliphatic carbocycles. The fourth-order valence-electron chi connectivity index (χ4n) is 9.90. The summed E-state index contributed by atoms with van der Waals surface area (Å²) in [6.07, 6.45) is 29.6. The SMILES string of the molecule is CCCCCCCCCCCCOC(=O)Nc1ccc(OC(=O)C2CCCC2=O)cc1.CCCCCCCCCCCCOC(=O)c1ccc(Cl)c(NC(=O)C2CCCC2=O)c1.COc1ccc(C)cc1NC(=O)C1CCCC1=O. The number of anilines is 3. The zero-order valence-electron chi connectivity index (χ0n) is 48.2. The number of halogens is 1. The quantitative estimate of drug-likeness (QED) is 0.0238. The number of aryl methyl sites for hydroxylation is 1. The maximum atomic E-state index is 12.3. The summed E-state index contributed by atoms with van der Waals surface area (Å²) in [5.74, 6) is -2.35. The van der Waals surface area contributed by atoms with Gasteiger partial charge in [-0.1, -0.05) is 147 Å². The highest BCUT2D eigenvalue weighted by atomic mass is 35.5. The lowest BCUT2D eigenvalue weighted by Crippen LogP contribution is -2.26. The molecule has 6 rings (SSSR count). The number of benzene rings is 3. The lowest BCUT2D eigenvalue weighted by atomic mass is 10.1. The van der Waals surface area contributed by atoms with Crippen molar-refractivity contribution in [2.24, 2.45) is 17.8 Å². The molecule has 0 heterocycles. The van der Waals surface area contributed by atoms with Crippen LogP contribution in [0, 0.1) is 24.7 Å². The summed E-state index contributed by atoms with van der Waals surface area (Å²) in [7, 11) is 1.56. The monoisotopic (exact) mass is 1130 g/mol. The largest absolute Gasteiger partial charge is 0.495 e. The van der Waals surface area contributed by atoms with E-state index in [9.17, 15) is 38.4 Å². The molecule has 440 valence electrons. The number of hydrogen-bond acceptors (Lipinski definition) is 12. The third-order valence-electron chi connectivity index (χ3n) is 14.7. The number of carbonyl (C=O) groups excluding carboxylic acids is 8. The molecule has 0 aromatic heterocycles. The second-order valence-corrected chi connectivity index (χ2v) is 21.7. The molecule has 0 bridgehead atoms. The standard InChI is InChI=1S/C25H36ClNO4.C25H37NO5.C14H17NO3/c1-2-3-4-5-6-7-8-9-10-11-17-31-25(30)19-15-16-21(26)22(18-19)27-24(29)20-13-12-14-23(20)28;1-2-3-4-5-6-7-8-9-10-11-19-30-25(29)26-20-15-17-21(18-16-20)31-24(28)22-13-12-14-23(22)27;1-9-6-7-13(18-2)11(8-9)15-14(17)10-4-3-5-12(10)16/h15-16,18,20H,2-14,17H2,1H3,(H,27,29);15-18,22H,2-14,19H2,1H3,(H,26,29);6-8,10H,3-5H2,1-2H3,(H,15,17). The number of amides is 3. The predicted molar refractivity (Wildman–Crippen MR) is 315 cm³/mol. The fourth-order valence-corrected chi connectivity index (χ4v) is 10.1. The lowest BCUT2D eigenvalue weighted by Gasteiger charge is -2.13. The topological polar surface area (TPSA) is 210 Å². The molecule has 3 aromatic rings. The third-order valence-corrected chi connectivity index (χ3v) is 15.0. The molecule has 3 unspecified atom stereocenters. The second-order valence-electron chi connectivity index (χ2n) is 21.3. The van der Waals surface area contributed by atoms with E-state index in [0.717, 1.165) is 50.5 Å². The molecule has 3 fully saturated rings. The molecule has 0 radical (unpaired) electrons. The molecule has 0 spiro atoms. The average molecular weight is 1130 g/mol. The van der Waals surface area contributed by atoms with Crippen molar-refractivity contribution >= 4 is 75.9 Å². The van der Waals surface area contributed by atoms with Crippen LogP contribution >= 0.6 is 11.6 Å². The van der Waals surface area contributed by atoms with E-state index < -0.39 is 35.8 Å². The molecule has 3 atom stereocenters. The van der Waals surface area contributed by atoms with E-state index in [4.69, 9.17) is 30.5 Å². The van der Waals surface area contributed by atoms with Gasteiger partial charge in [-0.05, 0) is 118 Å². The fraction of sp³-hybridized carbons (Fsp3) is 0.594. The van der Waals surface area contributed by atoms with Crippen molar-refractivity contribution in [1.29, 1.82) is 0 Å². The van der Waals surface area contributed by atoms with Crippen LogP contribution in [0.15, 0.2) is 60.7 Å². The minimum Gasteiger partial charge on any atom is -0.495 e. The van der Waals surface area contributed by atoms with E-state index >= 15 is 0 Å². The molecule has 15 nitrogen and oxygen atoms in total. The van der Waals surface area contributed by atoms with Crippen LogP contribution in [-0.4, -0.2) is 67.5 Å². The van der Waals surface area contributed by atoms with Gasteiger partial charge in [-0.15, -0.1) is 0 Å². The molecule has 0 saturated heterocycles. The van der Waals surface area contributed by atoms with Crippen LogP contribution in [-0.2, 0) is 38.2 Å². The highest BCUT2D eigenvalue weighted by Gasteiger charge is 2.34. The number of ketones is 3. The van der Waals surface area contributed by atoms with E-state index in [0.29, 0.717) is 90.9 Å². The zero-order chi connectivity index (χ0) is 57.9. The Labute approximate surface area is 480 Å². The van der Waals surface area contributed by atoms with Gasteiger partial charge in [0.15, 0.2) is 0 Å². The Bertz CT molecular complexity index is 2430. The van der Waals surface area contributed by atoms with Gasteiger partial charge in [-0.25, -0.2) is 9.59 Å². The number of ether oxygens (including phenoxy) is 4. The molecule has 3 aliphatic rings. The van der Waals surface area contributed by atoms with Crippen molar-refractivity contribution in [1.82, 2.24) is 0 Å². The van der Waals surface area contributed by atoms with Crippen LogP contribution in [0.2, 0.25) is 5.02 Å². The number of esters is 2. The van der Waals surface area contributed by atoms with Gasteiger partial charge in [-0.3, -0.25) is 34.1 Å². The molecule has 16 heteroatoms. The molecular formula is C64H90ClN3O12. The second kappa shape index (κ2) is 38.5. The average Bonchev–Trinajstić information content (AvgIpc) is 4.23. The number of methoxy groups -OCH3 is 1. The maximum Gasteiger partial charge on any atom is 0.411 e. The van der Waals surface area contributed by atoms with Gasteiger partial charge in [0, 0.05) is 24.9 Å². The molecule has 80 heavy (non-hydrogen) atoms. The maximum absolute atomic E-state index is 12.3. The van der Waals surface area contributed by atoms with Crippen molar-refractivity contribution in [3.8, 4) is 11.5 Å². The molecule has 3 saturated carbocycles. The number of rotatable bonds is 31. The van der Waals surface area contributed by atoms with E-state index in [-0.39, 0.29) is 29.2 Å². The van der Waals surface area contributed by atoms with Crippen LogP contribution in [0.4, 0.5) is 21.9 Å². The predicted octanol–water partition coefficient (Wildman–Crippen LogP) is 15.5. The van der Waals surface area contributed by atoms with E-state index in [2.05, 4.69) is 29.8 Å². The Balaban J connectivity index is 0.000000268. The van der Waals surface area contributed by atoms with Crippen LogP contribution < -0.4 is 25.4 Å². The Kier molecular flexibility index (Phi) is 32.0. The summed E-state index contributed by atoms with van der Waals surface area (Å²) in [5, 5.41) is 8.47. The lowest BCUT2D eigenvalue weighted by molar-refractivity contribution is -0.143. The number of unbranched alkanes of at least 4 members (excludes halogenated alkanes) is 18. The van der Waals surface area contributed by atoms with Gasteiger partial charge in [0.2, 0.25) is 11.8 Å². The highest BCUT2D eigenvalue weighted by molar-refractivity contribution is 6.34. The van der Waals surface area contributed by atoms with E-state index in [1.54, 1.807) is 49.6 Å². The Morgan fingerprint density at radius 1 is 0.525 bits per heavy atom. The third kappa shape index (κ3) is 25.1. The summed E-state index contributed by atoms with van der Waals surface area (Å²) in [4.78, 5) is 95.6. The molecule has 3 aromatic carbocycles. The number of hydrogen-bond donors (Lipinski definition) is 3. The first kappa shape index (κ1) is 66.4. The number of carbonyl (C=O) groups is 8. The minimum absolute atomic E-state index is 0.0409. The van der Waals surface area contributed by atoms with Crippen LogP contribution in [0.3, 0.4) is 0 Å². The number of Topliss-reactive ketones (excluding diaryl/α,β-unsaturated/α-hetero) is 3. The Morgan fingerprint density at radius 2 is 0.988 bits per heavy atom. The van der Waals surface area contributed by atoms with Gasteiger partial charge < -0.3 is 29.6 Å². The summed E-state index contributed by atoms with van der Waals surface area (Å²) in [6.45, 7) is 7.20. The Hall–Kier alpha value is -6.09. The molecule has 0 aliphatic heterocycles. The van der Waals surface area contributed by atoms with Gasteiger partial charge >= 0.3 is 18.0 Å². The first-order chi connectivity index (χ1) is 38.7. The molecule has 3 amide bonds. The Morgan fingerprint density at radius 3 is 1.46 bits per heavy atom. The van der Waals surface area contributed by atoms with Crippen LogP contribution in [0.1, 0.15) is 216 Å². The van der Waals surface area contributed by atoms with Crippen molar-refractivity contribution in [3.63, 3.8) is 0 Å². The van der Waals surface area contributed by atoms with Gasteiger partial charge in [0.1, 0.15) is 34.8 Å². The van der Waals surface area contributed by atoms with Gasteiger partial charge in [0.25, 0.3) is 0 Å². The van der Waals surface area contributed by atoms with E-state index in [1.165, 1.54) is 109 Å². The smallest absolute Gasteiger partial charge is 0.411 e. The minimum atomic E-state index is -0.640. The molecule has 3 N–H and O–H groups in total. The summed E-state index contributed by atoms with van der Waals surface area (Å²) in [6, 6.07) is 16.7. The van der Waals surface area contributed by atoms with Crippen LogP contribution in [0.5, 0.6) is 11.5 Å². The van der Waals surface area contributed by atoms with Crippen molar-refractivity contribution in [2.45, 2.75) is 207 Å². The van der Waals surface area contributed by atoms with Gasteiger partial charge in [0.05, 0.1) is 54.1 Å². The van der Waals surface area contributed by atoms with Crippen molar-refractivity contribution in [2.75, 3.05) is 36.3 Å². The number of nitrogens with one attached hydrogen (secondary N) is 3. The van der Waals surface area contributed by atoms with E-state index in [1.807, 2.05) is 19.1 Å². The summed E-state index contributed by atoms with van der Waals surface area (Å²) >= 11 is 6.16. The van der Waals surface area contributed by atoms with Crippen molar-refractivity contribution in [3.05, 3.63) is 76.8 Å².